The van der Waals surface area contributed by atoms with E-state index >= 15 is 0 Å². The number of hydrogen-bond donors (Lipinski definition) is 0. The molecule has 4 saturated heterocycles. The molecule has 4 aliphatic rings. The minimum absolute atomic E-state index is 0. The minimum atomic E-state index is -0.171. The maximum Gasteiger partial charge on any atom is 0.306 e. The van der Waals surface area contributed by atoms with Gasteiger partial charge in [0.15, 0.2) is 0 Å². The zero-order valence-corrected chi connectivity index (χ0v) is 32.7. The maximum absolute atomic E-state index is 12.8. The molecule has 248 valence electrons. The largest absolute Gasteiger partial charge is 1.00 e. The quantitative estimate of drug-likeness (QED) is 0.269. The smallest absolute Gasteiger partial charge is 0.306 e. The highest BCUT2D eigenvalue weighted by molar-refractivity contribution is 9.10. The van der Waals surface area contributed by atoms with Crippen LogP contribution in [0.1, 0.15) is 81.8 Å². The highest BCUT2D eigenvalue weighted by atomic mass is 79.9. The summed E-state index contributed by atoms with van der Waals surface area (Å²) >= 11 is 7.45. The van der Waals surface area contributed by atoms with E-state index in [-0.39, 0.29) is 71.0 Å². The first-order valence-electron chi connectivity index (χ1n) is 16.2. The third kappa shape index (κ3) is 8.10. The first kappa shape index (κ1) is 37.0. The van der Waals surface area contributed by atoms with Gasteiger partial charge in [0.05, 0.1) is 38.3 Å². The van der Waals surface area contributed by atoms with Crippen molar-refractivity contribution < 1.29 is 62.0 Å². The number of benzene rings is 2. The number of nitrogens with zero attached hydrogens (tertiary/aromatic N) is 2. The summed E-state index contributed by atoms with van der Waals surface area (Å²) in [5, 5.41) is 0. The summed E-state index contributed by atoms with van der Waals surface area (Å²) < 4.78 is 16.4. The number of hydrogen-bond acceptors (Lipinski definition) is 4. The molecule has 8 atom stereocenters. The predicted molar refractivity (Wildman–Crippen MR) is 174 cm³/mol. The van der Waals surface area contributed by atoms with Crippen molar-refractivity contribution in [1.82, 2.24) is 0 Å². The third-order valence-electron chi connectivity index (χ3n) is 11.4. The Morgan fingerprint density at radius 3 is 1.31 bits per heavy atom. The van der Waals surface area contributed by atoms with Gasteiger partial charge in [0, 0.05) is 84.3 Å². The number of carbonyl (C=O) groups excluding carboxylic acids is 2. The Balaban J connectivity index is 0.00000230. The minimum Gasteiger partial charge on any atom is -1.00 e. The standard InChI is InChI=1S/C35H46Br2N2O4.2BrH/c1-38(22-24-8-3-5-10-32(24)36)26-14-15-27(38)19-30(18-26)42-34(40)12-7-13-35(41)43-31-20-28-16-17-29(21-31)39(28,2)23-25-9-4-6-11-33(25)37;;/h3-6,8-11,26-31H,7,12-23H2,1-2H3;2*1H/q+2;;/p-2/t26-,27+,28-,29+,30?,31?,38?,39?;;. The molecule has 0 aromatic heterocycles. The van der Waals surface area contributed by atoms with Crippen LogP contribution in [0.25, 0.3) is 0 Å². The fourth-order valence-electron chi connectivity index (χ4n) is 8.95. The lowest BCUT2D eigenvalue weighted by Gasteiger charge is -2.47. The van der Waals surface area contributed by atoms with E-state index in [1.54, 1.807) is 0 Å². The molecule has 6 rings (SSSR count). The molecule has 0 amide bonds. The SMILES string of the molecule is C[N+]1(Cc2ccccc2Br)[C@@H]2CC[C@H]1CC(OC(=O)CCCC(=O)OC1C[C@H]3CC[C@@H](C1)[N+]3(C)Cc1ccccc1Br)C2.[Br-].[Br-]. The highest BCUT2D eigenvalue weighted by Crippen LogP contribution is 2.45. The molecule has 4 fully saturated rings. The topological polar surface area (TPSA) is 52.6 Å². The van der Waals surface area contributed by atoms with E-state index in [0.717, 1.165) is 47.7 Å². The van der Waals surface area contributed by atoms with E-state index in [4.69, 9.17) is 9.47 Å². The second-order valence-electron chi connectivity index (χ2n) is 14.0. The van der Waals surface area contributed by atoms with Crippen molar-refractivity contribution in [3.05, 3.63) is 68.6 Å². The molecule has 6 nitrogen and oxygen atoms in total. The first-order valence-corrected chi connectivity index (χ1v) is 17.8. The van der Waals surface area contributed by atoms with Crippen LogP contribution in [0, 0.1) is 0 Å². The summed E-state index contributed by atoms with van der Waals surface area (Å²) in [5.41, 5.74) is 2.69. The normalized spacial score (nSPS) is 33.1. The van der Waals surface area contributed by atoms with Gasteiger partial charge in [-0.25, -0.2) is 0 Å². The van der Waals surface area contributed by atoms with Gasteiger partial charge in [0.2, 0.25) is 0 Å². The van der Waals surface area contributed by atoms with Crippen LogP contribution in [0.2, 0.25) is 0 Å². The zero-order chi connectivity index (χ0) is 30.2. The zero-order valence-electron chi connectivity index (χ0n) is 26.3. The fourth-order valence-corrected chi connectivity index (χ4v) is 9.77. The van der Waals surface area contributed by atoms with Gasteiger partial charge in [-0.1, -0.05) is 68.3 Å². The van der Waals surface area contributed by atoms with E-state index < -0.39 is 0 Å². The number of esters is 2. The van der Waals surface area contributed by atoms with Crippen LogP contribution in [0.3, 0.4) is 0 Å². The molecule has 4 aliphatic heterocycles. The van der Waals surface area contributed by atoms with Crippen molar-refractivity contribution in [2.75, 3.05) is 14.1 Å². The molecule has 2 aromatic rings. The van der Waals surface area contributed by atoms with Crippen LogP contribution in [-0.2, 0) is 32.2 Å². The van der Waals surface area contributed by atoms with Crippen molar-refractivity contribution in [2.24, 2.45) is 0 Å². The van der Waals surface area contributed by atoms with Crippen LogP contribution in [0.4, 0.5) is 0 Å². The predicted octanol–water partition coefficient (Wildman–Crippen LogP) is 1.46. The van der Waals surface area contributed by atoms with Crippen molar-refractivity contribution in [3.63, 3.8) is 0 Å². The Bertz CT molecular complexity index is 1210. The van der Waals surface area contributed by atoms with Gasteiger partial charge in [-0.3, -0.25) is 9.59 Å². The second-order valence-corrected chi connectivity index (χ2v) is 15.7. The van der Waals surface area contributed by atoms with Gasteiger partial charge >= 0.3 is 11.9 Å². The third-order valence-corrected chi connectivity index (χ3v) is 13.0. The molecule has 0 saturated carbocycles. The van der Waals surface area contributed by atoms with Gasteiger partial charge in [0.25, 0.3) is 0 Å². The number of halogens is 4. The van der Waals surface area contributed by atoms with E-state index in [2.05, 4.69) is 94.5 Å². The van der Waals surface area contributed by atoms with Gasteiger partial charge < -0.3 is 52.4 Å². The summed E-state index contributed by atoms with van der Waals surface area (Å²) in [5.74, 6) is -0.343. The molecule has 0 radical (unpaired) electrons. The Hall–Kier alpha value is -0.780. The van der Waals surface area contributed by atoms with E-state index in [1.807, 2.05) is 0 Å². The molecular formula is C35H46Br4N2O4. The van der Waals surface area contributed by atoms with E-state index in [0.29, 0.717) is 30.6 Å². The van der Waals surface area contributed by atoms with Crippen molar-refractivity contribution in [1.29, 1.82) is 0 Å². The summed E-state index contributed by atoms with van der Waals surface area (Å²) in [7, 11) is 4.76. The van der Waals surface area contributed by atoms with Crippen LogP contribution >= 0.6 is 31.9 Å². The molecule has 4 heterocycles. The molecule has 10 heteroatoms. The lowest BCUT2D eigenvalue weighted by Crippen LogP contribution is -3.00. The van der Waals surface area contributed by atoms with Gasteiger partial charge in [-0.05, 0) is 18.6 Å². The molecule has 4 bridgehead atoms. The van der Waals surface area contributed by atoms with Crippen LogP contribution in [-0.4, -0.2) is 71.4 Å². The summed E-state index contributed by atoms with van der Waals surface area (Å²) in [6.45, 7) is 2.01. The molecule has 0 spiro atoms. The molecule has 45 heavy (non-hydrogen) atoms. The van der Waals surface area contributed by atoms with Crippen molar-refractivity contribution >= 4 is 43.8 Å². The fraction of sp³-hybridized carbons (Fsp3) is 0.600. The summed E-state index contributed by atoms with van der Waals surface area (Å²) in [6, 6.07) is 19.1. The van der Waals surface area contributed by atoms with Crippen molar-refractivity contribution in [2.45, 2.75) is 120 Å². The Morgan fingerprint density at radius 1 is 0.644 bits per heavy atom. The number of carbonyl (C=O) groups is 2. The molecular weight excluding hydrogens is 832 g/mol. The highest BCUT2D eigenvalue weighted by Gasteiger charge is 2.53. The van der Waals surface area contributed by atoms with E-state index in [1.165, 1.54) is 45.8 Å². The average Bonchev–Trinajstić information content (AvgIpc) is 3.21. The maximum atomic E-state index is 12.8. The molecule has 0 aliphatic carbocycles. The second kappa shape index (κ2) is 15.6. The number of quaternary nitrogens is 2. The van der Waals surface area contributed by atoms with Crippen molar-refractivity contribution in [3.8, 4) is 0 Å². The van der Waals surface area contributed by atoms with E-state index in [9.17, 15) is 9.59 Å². The van der Waals surface area contributed by atoms with Gasteiger partial charge in [-0.2, -0.15) is 0 Å². The Morgan fingerprint density at radius 2 is 0.978 bits per heavy atom. The first-order chi connectivity index (χ1) is 20.6. The lowest BCUT2D eigenvalue weighted by molar-refractivity contribution is -0.961. The van der Waals surface area contributed by atoms with Crippen LogP contribution in [0.15, 0.2) is 57.5 Å². The van der Waals surface area contributed by atoms with Crippen LogP contribution < -0.4 is 34.0 Å². The monoisotopic (exact) mass is 874 g/mol. The summed E-state index contributed by atoms with van der Waals surface area (Å²) in [4.78, 5) is 25.5. The number of ether oxygens (including phenoxy) is 2. The lowest BCUT2D eigenvalue weighted by atomic mass is 9.95. The Kier molecular flexibility index (Phi) is 12.9. The molecule has 0 N–H and O–H groups in total. The average molecular weight is 878 g/mol. The number of rotatable bonds is 10. The number of piperidine rings is 2. The Labute approximate surface area is 306 Å². The van der Waals surface area contributed by atoms with Gasteiger partial charge in [-0.15, -0.1) is 0 Å². The molecule has 2 aromatic carbocycles. The van der Waals surface area contributed by atoms with Gasteiger partial charge in [0.1, 0.15) is 25.3 Å². The number of fused-ring (bicyclic) bond motifs is 4. The van der Waals surface area contributed by atoms with Crippen LogP contribution in [0.5, 0.6) is 0 Å². The summed E-state index contributed by atoms with van der Waals surface area (Å²) in [6.07, 6.45) is 9.49. The molecule has 4 unspecified atom stereocenters.